The number of aryl methyl sites for hydroxylation is 2. The highest BCUT2D eigenvalue weighted by atomic mass is 32.2. The third kappa shape index (κ3) is 11.4. The van der Waals surface area contributed by atoms with E-state index >= 15 is 0 Å². The van der Waals surface area contributed by atoms with Gasteiger partial charge in [-0.2, -0.15) is 8.61 Å². The smallest absolute Gasteiger partial charge is 0.220 e. The molecule has 0 radical (unpaired) electrons. The van der Waals surface area contributed by atoms with Crippen LogP contribution in [-0.2, 0) is 46.2 Å². The van der Waals surface area contributed by atoms with Crippen LogP contribution in [0.15, 0.2) is 122 Å². The Morgan fingerprint density at radius 2 is 0.760 bits per heavy atom. The molecule has 4 aromatic carbocycles. The zero-order valence-corrected chi connectivity index (χ0v) is 31.6. The maximum Gasteiger partial charge on any atom is 0.220 e. The Morgan fingerprint density at radius 3 is 0.980 bits per heavy atom. The molecule has 4 rings (SSSR count). The highest BCUT2D eigenvalue weighted by Crippen LogP contribution is 2.22. The molecule has 0 spiro atoms. The van der Waals surface area contributed by atoms with Crippen molar-refractivity contribution in [3.63, 3.8) is 0 Å². The quantitative estimate of drug-likeness (QED) is 0.110. The molecule has 0 N–H and O–H groups in total. The average Bonchev–Trinajstić information content (AvgIpc) is 3.12. The molecular formula is C40H50N2O6S2. The highest BCUT2D eigenvalue weighted by molar-refractivity contribution is 7.90. The fraction of sp³-hybridized carbons (Fsp3) is 0.300. The first-order valence-corrected chi connectivity index (χ1v) is 19.3. The molecule has 0 aromatic heterocycles. The van der Waals surface area contributed by atoms with E-state index in [0.29, 0.717) is 26.2 Å². The largest absolute Gasteiger partial charge is 0.497 e. The molecule has 4 aromatic rings. The van der Waals surface area contributed by atoms with Gasteiger partial charge in [0.2, 0.25) is 20.0 Å². The number of hydrogen-bond acceptors (Lipinski definition) is 6. The lowest BCUT2D eigenvalue weighted by molar-refractivity contribution is 0.396. The van der Waals surface area contributed by atoms with Crippen LogP contribution in [-0.4, -0.2) is 50.2 Å². The lowest BCUT2D eigenvalue weighted by Crippen LogP contribution is -2.35. The third-order valence-corrected chi connectivity index (χ3v) is 12.5. The molecule has 0 aliphatic carbocycles. The van der Waals surface area contributed by atoms with E-state index in [9.17, 15) is 16.8 Å². The van der Waals surface area contributed by atoms with Crippen molar-refractivity contribution < 1.29 is 26.3 Å². The molecule has 0 saturated carbocycles. The lowest BCUT2D eigenvalue weighted by Gasteiger charge is -2.25. The van der Waals surface area contributed by atoms with Gasteiger partial charge in [0.1, 0.15) is 11.5 Å². The molecule has 0 saturated heterocycles. The highest BCUT2D eigenvalue weighted by Gasteiger charge is 2.28. The van der Waals surface area contributed by atoms with Crippen LogP contribution in [0.4, 0.5) is 0 Å². The van der Waals surface area contributed by atoms with E-state index in [-0.39, 0.29) is 0 Å². The summed E-state index contributed by atoms with van der Waals surface area (Å²) in [4.78, 5) is 0. The first kappa shape index (κ1) is 40.2. The summed E-state index contributed by atoms with van der Waals surface area (Å²) >= 11 is 0. The summed E-state index contributed by atoms with van der Waals surface area (Å²) in [6, 6.07) is 30.7. The van der Waals surface area contributed by atoms with Gasteiger partial charge < -0.3 is 9.47 Å². The van der Waals surface area contributed by atoms with E-state index in [1.165, 1.54) is 20.8 Å². The molecule has 2 atom stereocenters. The molecule has 10 heteroatoms. The maximum absolute atomic E-state index is 12.9. The second-order valence-corrected chi connectivity index (χ2v) is 16.8. The summed E-state index contributed by atoms with van der Waals surface area (Å²) in [6.07, 6.45) is 2.93. The van der Waals surface area contributed by atoms with Crippen LogP contribution in [0.3, 0.4) is 0 Å². The second-order valence-electron chi connectivity index (χ2n) is 12.2. The minimum atomic E-state index is -3.49. The van der Waals surface area contributed by atoms with Crippen LogP contribution >= 0.6 is 0 Å². The fourth-order valence-electron chi connectivity index (χ4n) is 4.85. The van der Waals surface area contributed by atoms with Crippen LogP contribution in [0.2, 0.25) is 0 Å². The van der Waals surface area contributed by atoms with E-state index in [1.807, 2.05) is 111 Å². The molecule has 0 heterocycles. The van der Waals surface area contributed by atoms with Gasteiger partial charge in [-0.3, -0.25) is 0 Å². The summed E-state index contributed by atoms with van der Waals surface area (Å²) in [6.45, 7) is 15.9. The second kappa shape index (κ2) is 18.7. The number of nitrogens with zero attached hydrogens (tertiary/aromatic N) is 2. The zero-order valence-electron chi connectivity index (χ0n) is 30.0. The summed E-state index contributed by atoms with van der Waals surface area (Å²) < 4.78 is 64.9. The van der Waals surface area contributed by atoms with E-state index < -0.39 is 30.5 Å². The van der Waals surface area contributed by atoms with Gasteiger partial charge in [-0.15, -0.1) is 13.2 Å². The average molecular weight is 719 g/mol. The maximum atomic E-state index is 12.9. The molecular weight excluding hydrogens is 669 g/mol. The van der Waals surface area contributed by atoms with E-state index in [1.54, 1.807) is 28.1 Å². The van der Waals surface area contributed by atoms with Crippen molar-refractivity contribution in [3.8, 4) is 11.5 Å². The van der Waals surface area contributed by atoms with E-state index in [0.717, 1.165) is 44.9 Å². The van der Waals surface area contributed by atoms with Crippen molar-refractivity contribution in [3.05, 3.63) is 156 Å². The molecule has 0 bridgehead atoms. The van der Waals surface area contributed by atoms with Gasteiger partial charge in [-0.05, 0) is 74.2 Å². The Bertz CT molecular complexity index is 1730. The number of methoxy groups -OCH3 is 2. The first-order valence-electron chi connectivity index (χ1n) is 16.3. The Kier molecular flexibility index (Phi) is 15.0. The van der Waals surface area contributed by atoms with Crippen molar-refractivity contribution in [1.29, 1.82) is 0 Å². The first-order chi connectivity index (χ1) is 23.7. The number of benzene rings is 4. The number of ether oxygens (including phenoxy) is 2. The monoisotopic (exact) mass is 718 g/mol. The van der Waals surface area contributed by atoms with Gasteiger partial charge in [0.25, 0.3) is 0 Å². The molecule has 0 fully saturated rings. The Hall–Kier alpha value is -4.22. The molecule has 268 valence electrons. The molecule has 0 amide bonds. The predicted octanol–water partition coefficient (Wildman–Crippen LogP) is 7.82. The van der Waals surface area contributed by atoms with Crippen LogP contribution in [0, 0.1) is 13.8 Å². The molecule has 0 aliphatic rings. The SMILES string of the molecule is C=C[C@@H](C)S(=O)(=O)N(Cc1ccc(C)cc1)Cc1ccc(OC)cc1.C=C[C@H](C)S(=O)(=O)N(Cc1ccc(C)cc1)Cc1ccc(OC)cc1. The van der Waals surface area contributed by atoms with Crippen molar-refractivity contribution in [2.75, 3.05) is 14.2 Å². The number of hydrogen-bond donors (Lipinski definition) is 0. The number of rotatable bonds is 16. The fourth-order valence-corrected chi connectivity index (χ4v) is 7.59. The topological polar surface area (TPSA) is 93.2 Å². The Balaban J connectivity index is 0.000000270. The standard InChI is InChI=1S/2C20H25NO3S/c2*1-5-17(3)25(22,23)21(14-18-8-6-16(2)7-9-18)15-19-10-12-20(24-4)13-11-19/h2*5-13,17H,1,14-15H2,2-4H3/t2*17-/m10/s1. The van der Waals surface area contributed by atoms with Gasteiger partial charge >= 0.3 is 0 Å². The van der Waals surface area contributed by atoms with Crippen LogP contribution in [0.1, 0.15) is 47.2 Å². The lowest BCUT2D eigenvalue weighted by atomic mass is 10.1. The molecule has 50 heavy (non-hydrogen) atoms. The van der Waals surface area contributed by atoms with Gasteiger partial charge in [-0.1, -0.05) is 96.1 Å². The minimum Gasteiger partial charge on any atom is -0.497 e. The van der Waals surface area contributed by atoms with E-state index in [2.05, 4.69) is 13.2 Å². The normalized spacial score (nSPS) is 12.8. The van der Waals surface area contributed by atoms with Crippen LogP contribution < -0.4 is 9.47 Å². The van der Waals surface area contributed by atoms with Gasteiger partial charge in [0, 0.05) is 26.2 Å². The van der Waals surface area contributed by atoms with Crippen LogP contribution in [0.5, 0.6) is 11.5 Å². The predicted molar refractivity (Wildman–Crippen MR) is 204 cm³/mol. The van der Waals surface area contributed by atoms with Crippen molar-refractivity contribution in [2.24, 2.45) is 0 Å². The Morgan fingerprint density at radius 1 is 0.520 bits per heavy atom. The summed E-state index contributed by atoms with van der Waals surface area (Å²) in [5.74, 6) is 1.49. The van der Waals surface area contributed by atoms with Crippen molar-refractivity contribution >= 4 is 20.0 Å². The third-order valence-electron chi connectivity index (χ3n) is 8.32. The summed E-state index contributed by atoms with van der Waals surface area (Å²) in [5, 5.41) is -1.28. The van der Waals surface area contributed by atoms with Crippen molar-refractivity contribution in [1.82, 2.24) is 8.61 Å². The molecule has 0 aliphatic heterocycles. The summed E-state index contributed by atoms with van der Waals surface area (Å²) in [7, 11) is -3.77. The van der Waals surface area contributed by atoms with Crippen molar-refractivity contribution in [2.45, 2.75) is 64.4 Å². The minimum absolute atomic E-state index is 0.304. The number of sulfonamides is 2. The molecule has 8 nitrogen and oxygen atoms in total. The van der Waals surface area contributed by atoms with Gasteiger partial charge in [-0.25, -0.2) is 16.8 Å². The summed E-state index contributed by atoms with van der Waals surface area (Å²) in [5.41, 5.74) is 6.03. The van der Waals surface area contributed by atoms with Crippen LogP contribution in [0.25, 0.3) is 0 Å². The van der Waals surface area contributed by atoms with E-state index in [4.69, 9.17) is 9.47 Å². The molecule has 0 unspecified atom stereocenters. The Labute approximate surface area is 299 Å². The van der Waals surface area contributed by atoms with Gasteiger partial charge in [0.15, 0.2) is 0 Å². The zero-order chi connectivity index (χ0) is 36.9. The van der Waals surface area contributed by atoms with Gasteiger partial charge in [0.05, 0.1) is 24.7 Å².